The minimum atomic E-state index is -0.325. The average molecular weight is 457 g/mol. The summed E-state index contributed by atoms with van der Waals surface area (Å²) >= 11 is 10.9. The van der Waals surface area contributed by atoms with Crippen molar-refractivity contribution in [3.05, 3.63) is 57.3 Å². The second kappa shape index (κ2) is 8.00. The first-order valence-electron chi connectivity index (χ1n) is 7.83. The predicted molar refractivity (Wildman–Crippen MR) is 109 cm³/mol. The summed E-state index contributed by atoms with van der Waals surface area (Å²) in [4.78, 5) is 21.3. The number of anilines is 1. The van der Waals surface area contributed by atoms with Gasteiger partial charge in [-0.2, -0.15) is 0 Å². The Morgan fingerprint density at radius 3 is 2.73 bits per heavy atom. The molecule has 0 fully saturated rings. The summed E-state index contributed by atoms with van der Waals surface area (Å²) in [6.45, 7) is 1.10. The maximum absolute atomic E-state index is 13.5. The van der Waals surface area contributed by atoms with Crippen LogP contribution in [0.4, 0.5) is 9.52 Å². The summed E-state index contributed by atoms with van der Waals surface area (Å²) in [5.41, 5.74) is 1.06. The second-order valence-electron chi connectivity index (χ2n) is 5.99. The Morgan fingerprint density at radius 2 is 2.00 bits per heavy atom. The molecule has 2 aromatic carbocycles. The molecule has 1 amide bonds. The number of amides is 1. The van der Waals surface area contributed by atoms with Crippen LogP contribution in [0.25, 0.3) is 10.2 Å². The molecule has 0 aliphatic heterocycles. The molecule has 136 valence electrons. The van der Waals surface area contributed by atoms with E-state index in [2.05, 4.69) is 20.9 Å². The van der Waals surface area contributed by atoms with Gasteiger partial charge in [0, 0.05) is 17.6 Å². The quantitative estimate of drug-likeness (QED) is 0.538. The molecule has 0 aliphatic rings. The highest BCUT2D eigenvalue weighted by Crippen LogP contribution is 2.31. The molecule has 0 spiro atoms. The van der Waals surface area contributed by atoms with Crippen molar-refractivity contribution in [2.75, 3.05) is 32.1 Å². The van der Waals surface area contributed by atoms with Gasteiger partial charge in [0.05, 0.1) is 20.8 Å². The van der Waals surface area contributed by atoms with Gasteiger partial charge in [0.2, 0.25) is 0 Å². The number of halogens is 3. The zero-order valence-corrected chi connectivity index (χ0v) is 17.3. The van der Waals surface area contributed by atoms with Gasteiger partial charge < -0.3 is 4.90 Å². The fraction of sp³-hybridized carbons (Fsp3) is 0.222. The van der Waals surface area contributed by atoms with Crippen LogP contribution in [0.1, 0.15) is 10.4 Å². The molecule has 0 saturated carbocycles. The molecule has 0 aliphatic carbocycles. The van der Waals surface area contributed by atoms with Crippen molar-refractivity contribution in [3.63, 3.8) is 0 Å². The standard InChI is InChI=1S/C18H16BrClFN3OS/c1-23(2)7-8-24(17(25)13-9-11(19)3-5-14(13)20)18-22-15-6-4-12(21)10-16(15)26-18/h3-6,9-10H,7-8H2,1-2H3. The number of rotatable bonds is 5. The highest BCUT2D eigenvalue weighted by atomic mass is 79.9. The van der Waals surface area contributed by atoms with Crippen molar-refractivity contribution in [2.24, 2.45) is 0 Å². The zero-order valence-electron chi connectivity index (χ0n) is 14.2. The van der Waals surface area contributed by atoms with Crippen LogP contribution in [-0.2, 0) is 0 Å². The number of carbonyl (C=O) groups is 1. The Bertz CT molecular complexity index is 963. The molecule has 4 nitrogen and oxygen atoms in total. The fourth-order valence-electron chi connectivity index (χ4n) is 2.39. The molecule has 26 heavy (non-hydrogen) atoms. The predicted octanol–water partition coefficient (Wildman–Crippen LogP) is 5.06. The SMILES string of the molecule is CN(C)CCN(C(=O)c1cc(Br)ccc1Cl)c1nc2ccc(F)cc2s1. The molecule has 0 unspecified atom stereocenters. The Balaban J connectivity index is 2.03. The smallest absolute Gasteiger partial charge is 0.261 e. The Kier molecular flexibility index (Phi) is 5.92. The van der Waals surface area contributed by atoms with Gasteiger partial charge in [0.1, 0.15) is 5.82 Å². The maximum Gasteiger partial charge on any atom is 0.261 e. The third kappa shape index (κ3) is 4.23. The van der Waals surface area contributed by atoms with Gasteiger partial charge in [0.15, 0.2) is 5.13 Å². The highest BCUT2D eigenvalue weighted by molar-refractivity contribution is 9.10. The minimum absolute atomic E-state index is 0.238. The minimum Gasteiger partial charge on any atom is -0.308 e. The van der Waals surface area contributed by atoms with Crippen LogP contribution in [0, 0.1) is 5.82 Å². The molecule has 1 aromatic heterocycles. The molecule has 0 saturated heterocycles. The number of benzene rings is 2. The third-order valence-corrected chi connectivity index (χ3v) is 5.61. The summed E-state index contributed by atoms with van der Waals surface area (Å²) < 4.78 is 15.0. The number of carbonyl (C=O) groups excluding carboxylic acids is 1. The molecule has 0 bridgehead atoms. The molecule has 8 heteroatoms. The Labute approximate surface area is 168 Å². The first kappa shape index (κ1) is 19.2. The number of likely N-dealkylation sites (N-methyl/N-ethyl adjacent to an activating group) is 1. The van der Waals surface area contributed by atoms with Gasteiger partial charge in [-0.25, -0.2) is 9.37 Å². The molecule has 3 rings (SSSR count). The molecule has 0 radical (unpaired) electrons. The van der Waals surface area contributed by atoms with E-state index in [9.17, 15) is 9.18 Å². The molecular weight excluding hydrogens is 441 g/mol. The largest absolute Gasteiger partial charge is 0.308 e. The zero-order chi connectivity index (χ0) is 18.8. The van der Waals surface area contributed by atoms with Crippen molar-refractivity contribution >= 4 is 60.1 Å². The lowest BCUT2D eigenvalue weighted by molar-refractivity contribution is 0.0985. The number of nitrogens with zero attached hydrogens (tertiary/aromatic N) is 3. The molecule has 0 N–H and O–H groups in total. The lowest BCUT2D eigenvalue weighted by Gasteiger charge is -2.22. The van der Waals surface area contributed by atoms with Crippen molar-refractivity contribution in [2.45, 2.75) is 0 Å². The summed E-state index contributed by atoms with van der Waals surface area (Å²) in [6.07, 6.45) is 0. The van der Waals surface area contributed by atoms with E-state index < -0.39 is 0 Å². The Hall–Kier alpha value is -1.54. The summed E-state index contributed by atoms with van der Waals surface area (Å²) in [7, 11) is 3.87. The van der Waals surface area contributed by atoms with Gasteiger partial charge in [-0.05, 0) is 50.5 Å². The van der Waals surface area contributed by atoms with Crippen LogP contribution in [0.2, 0.25) is 5.02 Å². The molecule has 0 atom stereocenters. The van der Waals surface area contributed by atoms with Gasteiger partial charge >= 0.3 is 0 Å². The Morgan fingerprint density at radius 1 is 1.23 bits per heavy atom. The first-order valence-corrected chi connectivity index (χ1v) is 9.81. The van der Waals surface area contributed by atoms with Crippen molar-refractivity contribution in [3.8, 4) is 0 Å². The average Bonchev–Trinajstić information content (AvgIpc) is 2.99. The van der Waals surface area contributed by atoms with Crippen LogP contribution >= 0.6 is 38.9 Å². The third-order valence-electron chi connectivity index (χ3n) is 3.74. The number of hydrogen-bond donors (Lipinski definition) is 0. The van der Waals surface area contributed by atoms with Gasteiger partial charge in [-0.3, -0.25) is 9.69 Å². The van der Waals surface area contributed by atoms with E-state index in [0.717, 1.165) is 4.47 Å². The lowest BCUT2D eigenvalue weighted by atomic mass is 10.2. The number of fused-ring (bicyclic) bond motifs is 1. The second-order valence-corrected chi connectivity index (χ2v) is 8.32. The van der Waals surface area contributed by atoms with Crippen LogP contribution in [-0.4, -0.2) is 43.0 Å². The van der Waals surface area contributed by atoms with Crippen LogP contribution in [0.5, 0.6) is 0 Å². The summed E-state index contributed by atoms with van der Waals surface area (Å²) in [5, 5.41) is 0.897. The maximum atomic E-state index is 13.5. The first-order chi connectivity index (χ1) is 12.3. The van der Waals surface area contributed by atoms with Crippen molar-refractivity contribution < 1.29 is 9.18 Å². The van der Waals surface area contributed by atoms with Crippen LogP contribution in [0.15, 0.2) is 40.9 Å². The van der Waals surface area contributed by atoms with Crippen LogP contribution < -0.4 is 4.90 Å². The lowest BCUT2D eigenvalue weighted by Crippen LogP contribution is -2.36. The van der Waals surface area contributed by atoms with Gasteiger partial charge in [-0.1, -0.05) is 38.9 Å². The van der Waals surface area contributed by atoms with E-state index in [0.29, 0.717) is 39.0 Å². The fourth-order valence-corrected chi connectivity index (χ4v) is 3.97. The number of thiazole rings is 1. The number of aromatic nitrogens is 1. The van der Waals surface area contributed by atoms with E-state index in [1.54, 1.807) is 29.2 Å². The van der Waals surface area contributed by atoms with Crippen LogP contribution in [0.3, 0.4) is 0 Å². The van der Waals surface area contributed by atoms with Gasteiger partial charge in [0.25, 0.3) is 5.91 Å². The monoisotopic (exact) mass is 455 g/mol. The van der Waals surface area contributed by atoms with E-state index in [1.165, 1.54) is 23.5 Å². The van der Waals surface area contributed by atoms with Gasteiger partial charge in [-0.15, -0.1) is 0 Å². The van der Waals surface area contributed by atoms with E-state index in [-0.39, 0.29) is 11.7 Å². The molecular formula is C18H16BrClFN3OS. The summed E-state index contributed by atoms with van der Waals surface area (Å²) in [6, 6.07) is 9.56. The topological polar surface area (TPSA) is 36.4 Å². The summed E-state index contributed by atoms with van der Waals surface area (Å²) in [5.74, 6) is -0.563. The normalized spacial score (nSPS) is 11.3. The van der Waals surface area contributed by atoms with E-state index in [4.69, 9.17) is 11.6 Å². The van der Waals surface area contributed by atoms with E-state index in [1.807, 2.05) is 19.0 Å². The van der Waals surface area contributed by atoms with Crippen molar-refractivity contribution in [1.82, 2.24) is 9.88 Å². The van der Waals surface area contributed by atoms with Crippen molar-refractivity contribution in [1.29, 1.82) is 0 Å². The molecule has 1 heterocycles. The molecule has 3 aromatic rings. The highest BCUT2D eigenvalue weighted by Gasteiger charge is 2.23. The number of hydrogen-bond acceptors (Lipinski definition) is 4. The van der Waals surface area contributed by atoms with E-state index >= 15 is 0 Å².